The van der Waals surface area contributed by atoms with Crippen LogP contribution in [0.25, 0.3) is 0 Å². The maximum atomic E-state index is 13.0. The van der Waals surface area contributed by atoms with Crippen LogP contribution in [0.2, 0.25) is 0 Å². The van der Waals surface area contributed by atoms with Crippen molar-refractivity contribution in [3.05, 3.63) is 46.2 Å². The summed E-state index contributed by atoms with van der Waals surface area (Å²) in [7, 11) is 0. The third-order valence-corrected chi connectivity index (χ3v) is 3.72. The molecule has 1 aromatic carbocycles. The van der Waals surface area contributed by atoms with Gasteiger partial charge >= 0.3 is 0 Å². The smallest absolute Gasteiger partial charge is 0.146 e. The molecule has 1 atom stereocenters. The zero-order chi connectivity index (χ0) is 13.8. The minimum absolute atomic E-state index is 0.0944. The van der Waals surface area contributed by atoms with Crippen LogP contribution < -0.4 is 5.32 Å². The van der Waals surface area contributed by atoms with Gasteiger partial charge in [0.2, 0.25) is 0 Å². The molecular formula is C13H16BrFN4. The normalized spacial score (nSPS) is 12.6. The van der Waals surface area contributed by atoms with Crippen molar-refractivity contribution in [2.24, 2.45) is 0 Å². The third kappa shape index (κ3) is 3.39. The molecule has 0 saturated heterocycles. The van der Waals surface area contributed by atoms with Crippen LogP contribution in [0.4, 0.5) is 4.39 Å². The largest absolute Gasteiger partial charge is 0.317 e. The standard InChI is InChI=1S/C13H16BrFN4/c1-3-19-8-17-18-13(19)7-16-9(2)11-5-4-10(15)6-12(11)14/h4-6,8-9,16H,3,7H2,1-2H3. The molecule has 1 unspecified atom stereocenters. The van der Waals surface area contributed by atoms with Gasteiger partial charge in [-0.2, -0.15) is 0 Å². The zero-order valence-electron chi connectivity index (χ0n) is 10.9. The molecule has 2 rings (SSSR count). The van der Waals surface area contributed by atoms with Crippen molar-refractivity contribution in [2.75, 3.05) is 0 Å². The predicted octanol–water partition coefficient (Wildman–Crippen LogP) is 3.05. The van der Waals surface area contributed by atoms with Crippen LogP contribution in [-0.4, -0.2) is 14.8 Å². The molecular weight excluding hydrogens is 311 g/mol. The summed E-state index contributed by atoms with van der Waals surface area (Å²) in [5.74, 6) is 0.654. The molecule has 0 radical (unpaired) electrons. The number of benzene rings is 1. The van der Waals surface area contributed by atoms with Gasteiger partial charge in [0.15, 0.2) is 0 Å². The van der Waals surface area contributed by atoms with Crippen LogP contribution >= 0.6 is 15.9 Å². The van der Waals surface area contributed by atoms with Crippen molar-refractivity contribution in [1.29, 1.82) is 0 Å². The van der Waals surface area contributed by atoms with Crippen molar-refractivity contribution in [3.63, 3.8) is 0 Å². The summed E-state index contributed by atoms with van der Waals surface area (Å²) in [6.07, 6.45) is 1.72. The van der Waals surface area contributed by atoms with Gasteiger partial charge in [0.25, 0.3) is 0 Å². The first-order chi connectivity index (χ1) is 9.11. The zero-order valence-corrected chi connectivity index (χ0v) is 12.5. The summed E-state index contributed by atoms with van der Waals surface area (Å²) >= 11 is 3.38. The highest BCUT2D eigenvalue weighted by Crippen LogP contribution is 2.24. The van der Waals surface area contributed by atoms with E-state index in [9.17, 15) is 4.39 Å². The number of aryl methyl sites for hydroxylation is 1. The average molecular weight is 327 g/mol. The molecule has 0 bridgehead atoms. The summed E-state index contributed by atoms with van der Waals surface area (Å²) < 4.78 is 15.8. The second-order valence-corrected chi connectivity index (χ2v) is 5.16. The summed E-state index contributed by atoms with van der Waals surface area (Å²) in [5, 5.41) is 11.3. The van der Waals surface area contributed by atoms with E-state index in [1.807, 2.05) is 18.4 Å². The molecule has 0 fully saturated rings. The van der Waals surface area contributed by atoms with E-state index in [2.05, 4.69) is 31.4 Å². The Morgan fingerprint density at radius 1 is 1.47 bits per heavy atom. The number of hydrogen-bond donors (Lipinski definition) is 1. The lowest BCUT2D eigenvalue weighted by molar-refractivity contribution is 0.536. The molecule has 0 amide bonds. The minimum Gasteiger partial charge on any atom is -0.317 e. The molecule has 1 aromatic heterocycles. The highest BCUT2D eigenvalue weighted by Gasteiger charge is 2.11. The van der Waals surface area contributed by atoms with Crippen LogP contribution in [0, 0.1) is 5.82 Å². The summed E-state index contributed by atoms with van der Waals surface area (Å²) in [5.41, 5.74) is 1.02. The Hall–Kier alpha value is -1.27. The molecule has 102 valence electrons. The first-order valence-electron chi connectivity index (χ1n) is 6.16. The highest BCUT2D eigenvalue weighted by atomic mass is 79.9. The highest BCUT2D eigenvalue weighted by molar-refractivity contribution is 9.10. The van der Waals surface area contributed by atoms with E-state index in [0.717, 1.165) is 22.4 Å². The second-order valence-electron chi connectivity index (χ2n) is 4.30. The minimum atomic E-state index is -0.242. The Kier molecular flexibility index (Phi) is 4.66. The second kappa shape index (κ2) is 6.25. The van der Waals surface area contributed by atoms with Gasteiger partial charge < -0.3 is 9.88 Å². The molecule has 19 heavy (non-hydrogen) atoms. The third-order valence-electron chi connectivity index (χ3n) is 3.03. The Balaban J connectivity index is 2.03. The maximum absolute atomic E-state index is 13.0. The number of hydrogen-bond acceptors (Lipinski definition) is 3. The molecule has 1 N–H and O–H groups in total. The van der Waals surface area contributed by atoms with Gasteiger partial charge in [-0.05, 0) is 31.5 Å². The van der Waals surface area contributed by atoms with E-state index in [1.165, 1.54) is 12.1 Å². The lowest BCUT2D eigenvalue weighted by Crippen LogP contribution is -2.21. The van der Waals surface area contributed by atoms with Crippen LogP contribution in [0.3, 0.4) is 0 Å². The summed E-state index contributed by atoms with van der Waals surface area (Å²) in [6, 6.07) is 4.81. The van der Waals surface area contributed by atoms with E-state index in [4.69, 9.17) is 0 Å². The topological polar surface area (TPSA) is 42.7 Å². The number of halogens is 2. The number of rotatable bonds is 5. The molecule has 6 heteroatoms. The molecule has 0 aliphatic heterocycles. The number of nitrogens with one attached hydrogen (secondary N) is 1. The molecule has 0 saturated carbocycles. The summed E-state index contributed by atoms with van der Waals surface area (Å²) in [6.45, 7) is 5.55. The SMILES string of the molecule is CCn1cnnc1CNC(C)c1ccc(F)cc1Br. The van der Waals surface area contributed by atoms with E-state index in [0.29, 0.717) is 6.54 Å². The fourth-order valence-corrected chi connectivity index (χ4v) is 2.58. The van der Waals surface area contributed by atoms with Gasteiger partial charge in [-0.1, -0.05) is 22.0 Å². The lowest BCUT2D eigenvalue weighted by atomic mass is 10.1. The Bertz CT molecular complexity index is 555. The Morgan fingerprint density at radius 2 is 2.26 bits per heavy atom. The van der Waals surface area contributed by atoms with E-state index in [1.54, 1.807) is 12.4 Å². The van der Waals surface area contributed by atoms with Crippen molar-refractivity contribution < 1.29 is 4.39 Å². The van der Waals surface area contributed by atoms with Gasteiger partial charge in [0, 0.05) is 17.1 Å². The fraction of sp³-hybridized carbons (Fsp3) is 0.385. The molecule has 1 heterocycles. The first-order valence-corrected chi connectivity index (χ1v) is 6.96. The van der Waals surface area contributed by atoms with Crippen molar-refractivity contribution in [3.8, 4) is 0 Å². The summed E-state index contributed by atoms with van der Waals surface area (Å²) in [4.78, 5) is 0. The van der Waals surface area contributed by atoms with Crippen molar-refractivity contribution in [1.82, 2.24) is 20.1 Å². The van der Waals surface area contributed by atoms with Crippen LogP contribution in [0.15, 0.2) is 29.0 Å². The number of aromatic nitrogens is 3. The number of nitrogens with zero attached hydrogens (tertiary/aromatic N) is 3. The van der Waals surface area contributed by atoms with Crippen molar-refractivity contribution >= 4 is 15.9 Å². The van der Waals surface area contributed by atoms with E-state index < -0.39 is 0 Å². The average Bonchev–Trinajstić information content (AvgIpc) is 2.83. The van der Waals surface area contributed by atoms with E-state index in [-0.39, 0.29) is 11.9 Å². The lowest BCUT2D eigenvalue weighted by Gasteiger charge is -2.15. The Morgan fingerprint density at radius 3 is 2.95 bits per heavy atom. The van der Waals surface area contributed by atoms with E-state index >= 15 is 0 Å². The molecule has 0 spiro atoms. The van der Waals surface area contributed by atoms with Crippen molar-refractivity contribution in [2.45, 2.75) is 33.0 Å². The molecule has 2 aromatic rings. The van der Waals surface area contributed by atoms with Crippen LogP contribution in [-0.2, 0) is 13.1 Å². The molecule has 4 nitrogen and oxygen atoms in total. The fourth-order valence-electron chi connectivity index (χ4n) is 1.89. The van der Waals surface area contributed by atoms with Gasteiger partial charge in [0.1, 0.15) is 18.0 Å². The maximum Gasteiger partial charge on any atom is 0.146 e. The first kappa shape index (κ1) is 14.1. The van der Waals surface area contributed by atoms with Crippen LogP contribution in [0.5, 0.6) is 0 Å². The monoisotopic (exact) mass is 326 g/mol. The van der Waals surface area contributed by atoms with Gasteiger partial charge in [-0.3, -0.25) is 0 Å². The Labute approximate surface area is 120 Å². The van der Waals surface area contributed by atoms with Gasteiger partial charge in [-0.25, -0.2) is 4.39 Å². The molecule has 0 aliphatic carbocycles. The predicted molar refractivity (Wildman–Crippen MR) is 75.1 cm³/mol. The molecule has 0 aliphatic rings. The van der Waals surface area contributed by atoms with Gasteiger partial charge in [0.05, 0.1) is 6.54 Å². The quantitative estimate of drug-likeness (QED) is 0.918. The van der Waals surface area contributed by atoms with Crippen LogP contribution in [0.1, 0.15) is 31.3 Å². The van der Waals surface area contributed by atoms with Gasteiger partial charge in [-0.15, -0.1) is 10.2 Å².